The fourth-order valence-electron chi connectivity index (χ4n) is 2.44. The second-order valence-corrected chi connectivity index (χ2v) is 4.80. The largest absolute Gasteiger partial charge is 0.372 e. The third kappa shape index (κ3) is 2.66. The van der Waals surface area contributed by atoms with E-state index in [-0.39, 0.29) is 6.04 Å². The number of nitrogens with one attached hydrogen (secondary N) is 1. The molecule has 3 rings (SSSR count). The molecule has 0 fully saturated rings. The third-order valence-corrected chi connectivity index (χ3v) is 3.54. The minimum atomic E-state index is 0.105. The summed E-state index contributed by atoms with van der Waals surface area (Å²) < 4.78 is 5.44. The summed E-state index contributed by atoms with van der Waals surface area (Å²) >= 11 is 0. The van der Waals surface area contributed by atoms with Gasteiger partial charge in [0.25, 0.3) is 0 Å². The Labute approximate surface area is 112 Å². The van der Waals surface area contributed by atoms with Crippen molar-refractivity contribution in [3.8, 4) is 0 Å². The molecule has 3 N–H and O–H groups in total. The maximum absolute atomic E-state index is 5.70. The van der Waals surface area contributed by atoms with E-state index in [1.54, 1.807) is 12.4 Å². The molecule has 19 heavy (non-hydrogen) atoms. The van der Waals surface area contributed by atoms with Crippen molar-refractivity contribution in [1.29, 1.82) is 0 Å². The molecular formula is C15H17N3O. The number of hydrazine groups is 1. The molecule has 1 atom stereocenters. The maximum atomic E-state index is 5.70. The summed E-state index contributed by atoms with van der Waals surface area (Å²) in [4.78, 5) is 4.03. The summed E-state index contributed by atoms with van der Waals surface area (Å²) in [6.45, 7) is 1.43. The van der Waals surface area contributed by atoms with Crippen LogP contribution in [0.15, 0.2) is 42.7 Å². The molecule has 0 radical (unpaired) electrons. The summed E-state index contributed by atoms with van der Waals surface area (Å²) in [6.07, 6.45) is 4.46. The van der Waals surface area contributed by atoms with E-state index in [4.69, 9.17) is 10.6 Å². The van der Waals surface area contributed by atoms with Gasteiger partial charge in [-0.05, 0) is 40.8 Å². The van der Waals surface area contributed by atoms with Crippen molar-refractivity contribution in [1.82, 2.24) is 10.4 Å². The standard InChI is InChI=1S/C15H17N3O/c16-18-15(7-11-3-5-17-6-4-11)12-1-2-13-9-19-10-14(13)8-12/h1-6,8,15,18H,7,9-10,16H2. The van der Waals surface area contributed by atoms with Crippen LogP contribution in [-0.4, -0.2) is 4.98 Å². The molecule has 1 unspecified atom stereocenters. The molecule has 1 aromatic carbocycles. The Balaban J connectivity index is 1.82. The average molecular weight is 255 g/mol. The molecule has 0 saturated carbocycles. The van der Waals surface area contributed by atoms with E-state index >= 15 is 0 Å². The summed E-state index contributed by atoms with van der Waals surface area (Å²) in [5, 5.41) is 0. The fraction of sp³-hybridized carbons (Fsp3) is 0.267. The van der Waals surface area contributed by atoms with Gasteiger partial charge in [0.05, 0.1) is 13.2 Å². The Morgan fingerprint density at radius 2 is 1.95 bits per heavy atom. The SMILES string of the molecule is NNC(Cc1ccncc1)c1ccc2c(c1)COC2. The van der Waals surface area contributed by atoms with Gasteiger partial charge in [-0.15, -0.1) is 0 Å². The van der Waals surface area contributed by atoms with Crippen molar-refractivity contribution in [3.63, 3.8) is 0 Å². The second kappa shape index (κ2) is 5.48. The lowest BCUT2D eigenvalue weighted by Crippen LogP contribution is -2.29. The Kier molecular flexibility index (Phi) is 3.55. The Morgan fingerprint density at radius 1 is 1.16 bits per heavy atom. The van der Waals surface area contributed by atoms with E-state index in [2.05, 4.69) is 28.6 Å². The summed E-state index contributed by atoms with van der Waals surface area (Å²) in [5.74, 6) is 5.70. The van der Waals surface area contributed by atoms with Gasteiger partial charge < -0.3 is 4.74 Å². The molecule has 1 aliphatic heterocycles. The van der Waals surface area contributed by atoms with E-state index in [1.807, 2.05) is 12.1 Å². The van der Waals surface area contributed by atoms with E-state index in [1.165, 1.54) is 22.3 Å². The van der Waals surface area contributed by atoms with Crippen molar-refractivity contribution in [2.75, 3.05) is 0 Å². The number of ether oxygens (including phenoxy) is 1. The lowest BCUT2D eigenvalue weighted by atomic mass is 9.97. The Hall–Kier alpha value is -1.75. The first kappa shape index (κ1) is 12.3. The van der Waals surface area contributed by atoms with Crippen LogP contribution in [0.5, 0.6) is 0 Å². The lowest BCUT2D eigenvalue weighted by Gasteiger charge is -2.17. The summed E-state index contributed by atoms with van der Waals surface area (Å²) in [7, 11) is 0. The molecule has 2 aromatic rings. The molecule has 0 aliphatic carbocycles. The highest BCUT2D eigenvalue weighted by molar-refractivity contribution is 5.35. The van der Waals surface area contributed by atoms with Crippen LogP contribution in [0, 0.1) is 0 Å². The fourth-order valence-corrected chi connectivity index (χ4v) is 2.44. The van der Waals surface area contributed by atoms with Crippen LogP contribution >= 0.6 is 0 Å². The van der Waals surface area contributed by atoms with Gasteiger partial charge in [0, 0.05) is 18.4 Å². The van der Waals surface area contributed by atoms with Crippen molar-refractivity contribution < 1.29 is 4.74 Å². The van der Waals surface area contributed by atoms with Crippen LogP contribution in [0.4, 0.5) is 0 Å². The van der Waals surface area contributed by atoms with E-state index in [0.29, 0.717) is 6.61 Å². The molecule has 0 saturated heterocycles. The van der Waals surface area contributed by atoms with Crippen molar-refractivity contribution in [2.45, 2.75) is 25.7 Å². The number of fused-ring (bicyclic) bond motifs is 1. The molecule has 98 valence electrons. The molecule has 2 heterocycles. The Morgan fingerprint density at radius 3 is 2.74 bits per heavy atom. The van der Waals surface area contributed by atoms with Crippen LogP contribution in [0.25, 0.3) is 0 Å². The van der Waals surface area contributed by atoms with E-state index in [0.717, 1.165) is 13.0 Å². The van der Waals surface area contributed by atoms with Gasteiger partial charge in [-0.2, -0.15) is 0 Å². The van der Waals surface area contributed by atoms with E-state index < -0.39 is 0 Å². The number of pyridine rings is 1. The molecule has 4 heteroatoms. The second-order valence-electron chi connectivity index (χ2n) is 4.80. The zero-order valence-electron chi connectivity index (χ0n) is 10.7. The first-order chi connectivity index (χ1) is 9.36. The molecule has 0 spiro atoms. The lowest BCUT2D eigenvalue weighted by molar-refractivity contribution is 0.134. The predicted molar refractivity (Wildman–Crippen MR) is 72.9 cm³/mol. The minimum absolute atomic E-state index is 0.105. The summed E-state index contributed by atoms with van der Waals surface area (Å²) in [5.41, 5.74) is 7.86. The highest BCUT2D eigenvalue weighted by atomic mass is 16.5. The topological polar surface area (TPSA) is 60.2 Å². The van der Waals surface area contributed by atoms with Crippen molar-refractivity contribution in [2.24, 2.45) is 5.84 Å². The normalized spacial score (nSPS) is 15.2. The maximum Gasteiger partial charge on any atom is 0.0725 e. The van der Waals surface area contributed by atoms with Gasteiger partial charge >= 0.3 is 0 Å². The first-order valence-corrected chi connectivity index (χ1v) is 6.41. The minimum Gasteiger partial charge on any atom is -0.372 e. The van der Waals surface area contributed by atoms with Crippen LogP contribution in [-0.2, 0) is 24.4 Å². The zero-order chi connectivity index (χ0) is 13.1. The van der Waals surface area contributed by atoms with Crippen LogP contribution in [0.1, 0.15) is 28.3 Å². The van der Waals surface area contributed by atoms with Gasteiger partial charge in [0.1, 0.15) is 0 Å². The highest BCUT2D eigenvalue weighted by Crippen LogP contribution is 2.25. The van der Waals surface area contributed by atoms with E-state index in [9.17, 15) is 0 Å². The number of aromatic nitrogens is 1. The smallest absolute Gasteiger partial charge is 0.0725 e. The number of hydrogen-bond acceptors (Lipinski definition) is 4. The van der Waals surface area contributed by atoms with Gasteiger partial charge in [-0.3, -0.25) is 16.3 Å². The first-order valence-electron chi connectivity index (χ1n) is 6.41. The average Bonchev–Trinajstić information content (AvgIpc) is 2.93. The van der Waals surface area contributed by atoms with Crippen LogP contribution < -0.4 is 11.3 Å². The molecule has 1 aromatic heterocycles. The number of hydrogen-bond donors (Lipinski definition) is 2. The molecular weight excluding hydrogens is 238 g/mol. The summed E-state index contributed by atoms with van der Waals surface area (Å²) in [6, 6.07) is 10.6. The van der Waals surface area contributed by atoms with Crippen molar-refractivity contribution >= 4 is 0 Å². The molecule has 1 aliphatic rings. The van der Waals surface area contributed by atoms with Gasteiger partial charge in [-0.1, -0.05) is 18.2 Å². The van der Waals surface area contributed by atoms with Gasteiger partial charge in [0.2, 0.25) is 0 Å². The monoisotopic (exact) mass is 255 g/mol. The molecule has 0 amide bonds. The quantitative estimate of drug-likeness (QED) is 0.646. The van der Waals surface area contributed by atoms with Gasteiger partial charge in [-0.25, -0.2) is 0 Å². The number of rotatable bonds is 4. The highest BCUT2D eigenvalue weighted by Gasteiger charge is 2.16. The molecule has 4 nitrogen and oxygen atoms in total. The van der Waals surface area contributed by atoms with Gasteiger partial charge in [0.15, 0.2) is 0 Å². The van der Waals surface area contributed by atoms with Crippen LogP contribution in [0.2, 0.25) is 0 Å². The van der Waals surface area contributed by atoms with Crippen LogP contribution in [0.3, 0.4) is 0 Å². The number of benzene rings is 1. The third-order valence-electron chi connectivity index (χ3n) is 3.54. The van der Waals surface area contributed by atoms with Crippen molar-refractivity contribution in [3.05, 3.63) is 65.0 Å². The predicted octanol–water partition coefficient (Wildman–Crippen LogP) is 1.86. The number of nitrogens with two attached hydrogens (primary N) is 1. The molecule has 0 bridgehead atoms. The number of nitrogens with zero attached hydrogens (tertiary/aromatic N) is 1. The Bertz CT molecular complexity index is 557. The zero-order valence-corrected chi connectivity index (χ0v) is 10.7.